The maximum atomic E-state index is 13.1. The van der Waals surface area contributed by atoms with Gasteiger partial charge in [0, 0.05) is 0 Å². The quantitative estimate of drug-likeness (QED) is 0.107. The van der Waals surface area contributed by atoms with Crippen molar-refractivity contribution < 1.29 is 88.9 Å². The molecule has 1 fully saturated rings. The van der Waals surface area contributed by atoms with Crippen molar-refractivity contribution in [3.05, 3.63) is 16.7 Å². The van der Waals surface area contributed by atoms with Crippen molar-refractivity contribution in [1.29, 1.82) is 0 Å². The van der Waals surface area contributed by atoms with Crippen LogP contribution in [-0.4, -0.2) is 84.0 Å². The second-order valence-corrected chi connectivity index (χ2v) is 14.8. The first-order valence-corrected chi connectivity index (χ1v) is 17.1. The van der Waals surface area contributed by atoms with Gasteiger partial charge >= 0.3 is 39.1 Å². The minimum absolute atomic E-state index is 0.317. The van der Waals surface area contributed by atoms with Crippen LogP contribution in [0.5, 0.6) is 0 Å². The van der Waals surface area contributed by atoms with E-state index >= 15 is 0 Å². The molecule has 4 unspecified atom stereocenters. The van der Waals surface area contributed by atoms with Crippen molar-refractivity contribution in [1.82, 2.24) is 19.5 Å². The molecule has 0 radical (unpaired) electrons. The Hall–Kier alpha value is -1.26. The molecule has 228 valence electrons. The molecule has 2 aromatic rings. The maximum Gasteiger partial charge on any atom is 0.493 e. The second-order valence-electron chi connectivity index (χ2n) is 7.28. The number of hydrogen-bond donors (Lipinski definition) is 10. The fourth-order valence-electron chi connectivity index (χ4n) is 3.11. The maximum absolute atomic E-state index is 13.1. The zero-order chi connectivity index (χ0) is 30.5. The monoisotopic (exact) mass is 683 g/mol. The summed E-state index contributed by atoms with van der Waals surface area (Å²) >= 11 is 0. The van der Waals surface area contributed by atoms with Gasteiger partial charge in [-0.05, 0) is 0 Å². The molecule has 3 heterocycles. The van der Waals surface area contributed by atoms with Crippen molar-refractivity contribution in [3.63, 3.8) is 0 Å². The molecule has 25 nitrogen and oxygen atoms in total. The van der Waals surface area contributed by atoms with Gasteiger partial charge in [0.05, 0.1) is 12.9 Å². The summed E-state index contributed by atoms with van der Waals surface area (Å²) in [6, 6.07) is 0. The number of nitrogens with zero attached hydrogens (tertiary/aromatic N) is 3. The Morgan fingerprint density at radius 3 is 1.98 bits per heavy atom. The largest absolute Gasteiger partial charge is 0.493 e. The van der Waals surface area contributed by atoms with Crippen LogP contribution < -0.4 is 11.3 Å². The van der Waals surface area contributed by atoms with E-state index in [2.05, 4.69) is 32.2 Å². The number of aromatic nitrogens is 4. The van der Waals surface area contributed by atoms with Crippen molar-refractivity contribution >= 4 is 56.2 Å². The van der Waals surface area contributed by atoms with Crippen LogP contribution in [0.25, 0.3) is 11.2 Å². The van der Waals surface area contributed by atoms with Gasteiger partial charge in [-0.2, -0.15) is 22.2 Å². The number of nitrogens with two attached hydrogens (primary N) is 1. The summed E-state index contributed by atoms with van der Waals surface area (Å²) in [5.74, 6) is -0.419. The first-order chi connectivity index (χ1) is 18.0. The van der Waals surface area contributed by atoms with E-state index in [4.69, 9.17) is 34.6 Å². The molecule has 0 aromatic carbocycles. The molecule has 3 rings (SSSR count). The summed E-state index contributed by atoms with van der Waals surface area (Å²) in [6.07, 6.45) is -7.23. The van der Waals surface area contributed by atoms with Gasteiger partial charge in [-0.25, -0.2) is 27.8 Å². The van der Waals surface area contributed by atoms with Crippen LogP contribution in [0.4, 0.5) is 5.95 Å². The predicted octanol–water partition coefficient (Wildman–Crippen LogP) is -2.10. The first-order valence-electron chi connectivity index (χ1n) is 9.61. The van der Waals surface area contributed by atoms with Crippen LogP contribution in [0.3, 0.4) is 0 Å². The number of H-pyrrole nitrogens is 1. The minimum atomic E-state index is -6.37. The molecule has 11 N–H and O–H groups in total. The third-order valence-corrected chi connectivity index (χ3v) is 11.4. The number of aliphatic hydroxyl groups excluding tert-OH is 2. The summed E-state index contributed by atoms with van der Waals surface area (Å²) in [7, 11) is -30.8. The molecule has 2 aromatic heterocycles. The second kappa shape index (κ2) is 11.4. The summed E-state index contributed by atoms with van der Waals surface area (Å²) < 4.78 is 84.4. The Morgan fingerprint density at radius 1 is 0.975 bits per heavy atom. The fraction of sp³-hybridized carbons (Fsp3) is 0.500. The molecule has 30 heteroatoms. The number of nitrogens with one attached hydrogen (secondary N) is 1. The van der Waals surface area contributed by atoms with Gasteiger partial charge in [0.25, 0.3) is 5.56 Å². The summed E-state index contributed by atoms with van der Waals surface area (Å²) in [5, 5.41) is 20.5. The molecule has 40 heavy (non-hydrogen) atoms. The van der Waals surface area contributed by atoms with Gasteiger partial charge in [-0.15, -0.1) is 0 Å². The van der Waals surface area contributed by atoms with E-state index in [9.17, 15) is 47.6 Å². The summed E-state index contributed by atoms with van der Waals surface area (Å²) in [5.41, 5.74) is 3.99. The number of anilines is 1. The molecule has 1 aliphatic heterocycles. The molecule has 0 amide bonds. The van der Waals surface area contributed by atoms with E-state index in [1.54, 1.807) is 0 Å². The topological polar surface area (TPSA) is 392 Å². The number of aliphatic hydroxyl groups is 2. The number of phosphoric acid groups is 5. The van der Waals surface area contributed by atoms with E-state index in [-0.39, 0.29) is 11.2 Å². The Kier molecular flexibility index (Phi) is 9.51. The summed E-state index contributed by atoms with van der Waals surface area (Å²) in [4.78, 5) is 75.8. The highest BCUT2D eigenvalue weighted by Crippen LogP contribution is 2.75. The van der Waals surface area contributed by atoms with Crippen LogP contribution in [0.2, 0.25) is 0 Å². The van der Waals surface area contributed by atoms with Crippen LogP contribution in [-0.2, 0) is 49.3 Å². The lowest BCUT2D eigenvalue weighted by atomic mass is 10.1. The van der Waals surface area contributed by atoms with E-state index in [1.165, 1.54) is 0 Å². The average molecular weight is 683 g/mol. The van der Waals surface area contributed by atoms with Crippen LogP contribution >= 0.6 is 39.1 Å². The Balaban J connectivity index is 2.01. The van der Waals surface area contributed by atoms with E-state index < -0.39 is 81.8 Å². The normalized spacial score (nSPS) is 26.8. The van der Waals surface area contributed by atoms with E-state index in [0.29, 0.717) is 0 Å². The smallest absolute Gasteiger partial charge is 0.394 e. The van der Waals surface area contributed by atoms with Crippen molar-refractivity contribution in [2.24, 2.45) is 0 Å². The lowest BCUT2D eigenvalue weighted by Crippen LogP contribution is -2.35. The zero-order valence-electron chi connectivity index (χ0n) is 18.7. The number of nitrogen functional groups attached to an aromatic ring is 1. The van der Waals surface area contributed by atoms with Crippen LogP contribution in [0.15, 0.2) is 11.1 Å². The Bertz CT molecular complexity index is 1510. The Morgan fingerprint density at radius 2 is 1.50 bits per heavy atom. The molecule has 0 saturated carbocycles. The first kappa shape index (κ1) is 33.2. The standard InChI is InChI=1S/C10H18N5O20P5/c11-10-13-7-4(8(18)14-10)12-2-15(7)9-5(17)6(3(1-16)30-9)31-40(29,34-38(25,26)32-36(19,20)21)35-39(27,28)33-37(22,23)24/h2-3,5-6,9,16-17H,1H2,(H,25,26)(H,27,28)(H2,19,20,21)(H2,22,23,24)(H3,11,13,14,18)/t3-,5?,6?,9-/m1/s1. The van der Waals surface area contributed by atoms with E-state index in [0.717, 1.165) is 10.9 Å². The summed E-state index contributed by atoms with van der Waals surface area (Å²) in [6.45, 7) is -1.15. The van der Waals surface area contributed by atoms with Crippen molar-refractivity contribution in [3.8, 4) is 0 Å². The Labute approximate surface area is 218 Å². The van der Waals surface area contributed by atoms with Gasteiger partial charge in [0.2, 0.25) is 5.95 Å². The average Bonchev–Trinajstić information content (AvgIpc) is 3.24. The molecule has 1 aliphatic rings. The predicted molar refractivity (Wildman–Crippen MR) is 120 cm³/mol. The highest BCUT2D eigenvalue weighted by atomic mass is 31.3. The number of fused-ring (bicyclic) bond motifs is 1. The van der Waals surface area contributed by atoms with Gasteiger partial charge in [0.1, 0.15) is 18.3 Å². The highest BCUT2D eigenvalue weighted by Gasteiger charge is 2.55. The fourth-order valence-corrected chi connectivity index (χ4v) is 9.31. The zero-order valence-corrected chi connectivity index (χ0v) is 23.2. The molecule has 0 spiro atoms. The molecule has 0 aliphatic carbocycles. The number of aromatic amines is 1. The molecule has 1 saturated heterocycles. The number of ether oxygens (including phenoxy) is 1. The molecular formula is C10H18N5O20P5. The lowest BCUT2D eigenvalue weighted by molar-refractivity contribution is -0.0509. The van der Waals surface area contributed by atoms with Gasteiger partial charge in [-0.1, -0.05) is 0 Å². The van der Waals surface area contributed by atoms with Crippen LogP contribution in [0, 0.1) is 0 Å². The van der Waals surface area contributed by atoms with Crippen LogP contribution in [0.1, 0.15) is 6.23 Å². The van der Waals surface area contributed by atoms with Gasteiger partial charge in [0.15, 0.2) is 17.4 Å². The van der Waals surface area contributed by atoms with Crippen molar-refractivity contribution in [2.45, 2.75) is 24.5 Å². The minimum Gasteiger partial charge on any atom is -0.394 e. The third-order valence-electron chi connectivity index (χ3n) is 4.29. The highest BCUT2D eigenvalue weighted by molar-refractivity contribution is 7.71. The number of hydrogen-bond acceptors (Lipinski definition) is 17. The number of imidazole rings is 1. The van der Waals surface area contributed by atoms with E-state index in [1.807, 2.05) is 0 Å². The molecular weight excluding hydrogens is 665 g/mol. The SMILES string of the molecule is Nc1nc2c(ncn2[C@@H]2O[C@H](CO)C(OP(=O)(OP(=O)(O)OP(=O)(O)O)OP(=O)(O)OP(=O)(O)O)C2O)c(=O)[nH]1. The number of rotatable bonds is 12. The van der Waals surface area contributed by atoms with Gasteiger partial charge in [-0.3, -0.25) is 18.9 Å². The molecule has 0 bridgehead atoms. The molecule has 6 atom stereocenters. The van der Waals surface area contributed by atoms with Crippen molar-refractivity contribution in [2.75, 3.05) is 12.3 Å². The third kappa shape index (κ3) is 8.40. The lowest BCUT2D eigenvalue weighted by Gasteiger charge is -2.26. The van der Waals surface area contributed by atoms with Gasteiger partial charge < -0.3 is 50.0 Å².